The van der Waals surface area contributed by atoms with Crippen LogP contribution in [0.5, 0.6) is 0 Å². The molecule has 0 aromatic carbocycles. The molecule has 0 bridgehead atoms. The van der Waals surface area contributed by atoms with E-state index in [1.165, 1.54) is 11.3 Å². The number of nitrogens with zero attached hydrogens (tertiary/aromatic N) is 1. The molecule has 3 N–H and O–H groups in total. The van der Waals surface area contributed by atoms with Crippen molar-refractivity contribution < 1.29 is 0 Å². The first-order valence-corrected chi connectivity index (χ1v) is 3.80. The molecule has 0 aliphatic carbocycles. The second kappa shape index (κ2) is 3.74. The lowest BCUT2D eigenvalue weighted by Gasteiger charge is -2.15. The summed E-state index contributed by atoms with van der Waals surface area (Å²) in [6.07, 6.45) is 2.75. The van der Waals surface area contributed by atoms with Crippen molar-refractivity contribution in [1.82, 2.24) is 10.3 Å². The number of rotatable bonds is 0. The smallest absolute Gasteiger partial charge is 0.0504 e. The van der Waals surface area contributed by atoms with Gasteiger partial charge >= 0.3 is 0 Å². The molecule has 66 valence electrons. The molecule has 0 saturated carbocycles. The van der Waals surface area contributed by atoms with Crippen molar-refractivity contribution in [2.45, 2.75) is 13.0 Å². The average molecular weight is 186 g/mol. The van der Waals surface area contributed by atoms with Gasteiger partial charge in [0.1, 0.15) is 0 Å². The number of hydrogen-bond acceptors (Lipinski definition) is 3. The van der Waals surface area contributed by atoms with Gasteiger partial charge in [-0.25, -0.2) is 0 Å². The Balaban J connectivity index is 0.000000720. The van der Waals surface area contributed by atoms with Crippen LogP contribution < -0.4 is 11.1 Å². The zero-order valence-corrected chi connectivity index (χ0v) is 7.53. The van der Waals surface area contributed by atoms with Crippen LogP contribution >= 0.6 is 12.4 Å². The predicted octanol–water partition coefficient (Wildman–Crippen LogP) is 0.731. The molecule has 0 radical (unpaired) electrons. The number of fused-ring (bicyclic) bond motifs is 1. The predicted molar refractivity (Wildman–Crippen MR) is 51.3 cm³/mol. The molecule has 0 saturated heterocycles. The summed E-state index contributed by atoms with van der Waals surface area (Å²) in [5.74, 6) is 0. The van der Waals surface area contributed by atoms with Gasteiger partial charge in [-0.05, 0) is 11.6 Å². The van der Waals surface area contributed by atoms with Gasteiger partial charge in [0.2, 0.25) is 0 Å². The molecular weight excluding hydrogens is 174 g/mol. The van der Waals surface area contributed by atoms with Crippen molar-refractivity contribution in [1.29, 1.82) is 0 Å². The van der Waals surface area contributed by atoms with Gasteiger partial charge in [0.15, 0.2) is 0 Å². The van der Waals surface area contributed by atoms with Gasteiger partial charge in [-0.3, -0.25) is 4.98 Å². The standard InChI is InChI=1S/C8H11N3.ClH/c9-7-3-6-4-10-2-1-8(6)11-5-7;/h3,5,10H,1-2,4,9H2;1H. The molecule has 0 unspecified atom stereocenters. The van der Waals surface area contributed by atoms with Gasteiger partial charge in [-0.1, -0.05) is 0 Å². The van der Waals surface area contributed by atoms with Crippen molar-refractivity contribution in [3.63, 3.8) is 0 Å². The number of halogens is 1. The molecule has 1 aliphatic rings. The van der Waals surface area contributed by atoms with E-state index in [1.807, 2.05) is 6.07 Å². The molecule has 2 heterocycles. The maximum Gasteiger partial charge on any atom is 0.0504 e. The van der Waals surface area contributed by atoms with Crippen LogP contribution in [-0.2, 0) is 13.0 Å². The topological polar surface area (TPSA) is 50.9 Å². The molecule has 0 atom stereocenters. The zero-order valence-electron chi connectivity index (χ0n) is 6.71. The van der Waals surface area contributed by atoms with Crippen molar-refractivity contribution in [2.75, 3.05) is 12.3 Å². The molecule has 1 aromatic rings. The van der Waals surface area contributed by atoms with E-state index in [0.717, 1.165) is 25.2 Å². The summed E-state index contributed by atoms with van der Waals surface area (Å²) in [6, 6.07) is 1.99. The third-order valence-electron chi connectivity index (χ3n) is 1.94. The number of nitrogens with two attached hydrogens (primary N) is 1. The Labute approximate surface area is 77.8 Å². The van der Waals surface area contributed by atoms with Crippen LogP contribution in [0.1, 0.15) is 11.3 Å². The maximum absolute atomic E-state index is 5.59. The van der Waals surface area contributed by atoms with Crippen molar-refractivity contribution in [3.05, 3.63) is 23.5 Å². The fourth-order valence-electron chi connectivity index (χ4n) is 1.37. The normalized spacial score (nSPS) is 14.7. The quantitative estimate of drug-likeness (QED) is 0.627. The Bertz CT molecular complexity index is 275. The van der Waals surface area contributed by atoms with Gasteiger partial charge in [-0.2, -0.15) is 0 Å². The lowest BCUT2D eigenvalue weighted by Crippen LogP contribution is -2.24. The summed E-state index contributed by atoms with van der Waals surface area (Å²) in [6.45, 7) is 1.94. The molecule has 0 spiro atoms. The van der Waals surface area contributed by atoms with Crippen LogP contribution in [0.2, 0.25) is 0 Å². The first-order valence-electron chi connectivity index (χ1n) is 3.80. The molecule has 0 fully saturated rings. The molecule has 0 amide bonds. The van der Waals surface area contributed by atoms with Gasteiger partial charge in [-0.15, -0.1) is 12.4 Å². The van der Waals surface area contributed by atoms with Crippen molar-refractivity contribution >= 4 is 18.1 Å². The zero-order chi connectivity index (χ0) is 7.68. The number of anilines is 1. The minimum absolute atomic E-state index is 0. The fraction of sp³-hybridized carbons (Fsp3) is 0.375. The van der Waals surface area contributed by atoms with Crippen molar-refractivity contribution in [3.8, 4) is 0 Å². The number of nitrogen functional groups attached to an aromatic ring is 1. The van der Waals surface area contributed by atoms with Gasteiger partial charge in [0.25, 0.3) is 0 Å². The second-order valence-corrected chi connectivity index (χ2v) is 2.80. The molecular formula is C8H12ClN3. The minimum Gasteiger partial charge on any atom is -0.397 e. The second-order valence-electron chi connectivity index (χ2n) is 2.80. The Morgan fingerprint density at radius 3 is 3.17 bits per heavy atom. The van der Waals surface area contributed by atoms with E-state index in [9.17, 15) is 0 Å². The largest absolute Gasteiger partial charge is 0.397 e. The Morgan fingerprint density at radius 1 is 1.50 bits per heavy atom. The van der Waals surface area contributed by atoms with E-state index in [1.54, 1.807) is 6.20 Å². The SMILES string of the molecule is Cl.Nc1cnc2c(c1)CNCC2. The lowest BCUT2D eigenvalue weighted by atomic mass is 10.1. The Morgan fingerprint density at radius 2 is 2.33 bits per heavy atom. The highest BCUT2D eigenvalue weighted by Gasteiger charge is 2.08. The summed E-state index contributed by atoms with van der Waals surface area (Å²) >= 11 is 0. The van der Waals surface area contributed by atoms with E-state index in [4.69, 9.17) is 5.73 Å². The number of pyridine rings is 1. The van der Waals surface area contributed by atoms with Crippen LogP contribution in [0, 0.1) is 0 Å². The molecule has 1 aromatic heterocycles. The summed E-state index contributed by atoms with van der Waals surface area (Å²) < 4.78 is 0. The van der Waals surface area contributed by atoms with Crippen LogP contribution in [0.3, 0.4) is 0 Å². The lowest BCUT2D eigenvalue weighted by molar-refractivity contribution is 0.631. The van der Waals surface area contributed by atoms with E-state index in [2.05, 4.69) is 10.3 Å². The van der Waals surface area contributed by atoms with Gasteiger partial charge < -0.3 is 11.1 Å². The Hall–Kier alpha value is -0.800. The van der Waals surface area contributed by atoms with Gasteiger partial charge in [0.05, 0.1) is 11.9 Å². The monoisotopic (exact) mass is 185 g/mol. The summed E-state index contributed by atoms with van der Waals surface area (Å²) in [5.41, 5.74) is 8.79. The third-order valence-corrected chi connectivity index (χ3v) is 1.94. The first kappa shape index (κ1) is 9.29. The molecule has 2 rings (SSSR count). The van der Waals surface area contributed by atoms with E-state index >= 15 is 0 Å². The summed E-state index contributed by atoms with van der Waals surface area (Å²) in [4.78, 5) is 4.25. The average Bonchev–Trinajstić information content (AvgIpc) is 2.04. The maximum atomic E-state index is 5.59. The highest BCUT2D eigenvalue weighted by Crippen LogP contribution is 2.13. The Kier molecular flexibility index (Phi) is 2.89. The molecule has 1 aliphatic heterocycles. The molecule has 4 heteroatoms. The van der Waals surface area contributed by atoms with Crippen molar-refractivity contribution in [2.24, 2.45) is 0 Å². The van der Waals surface area contributed by atoms with Crippen LogP contribution in [0.25, 0.3) is 0 Å². The van der Waals surface area contributed by atoms with E-state index in [-0.39, 0.29) is 12.4 Å². The summed E-state index contributed by atoms with van der Waals surface area (Å²) in [7, 11) is 0. The van der Waals surface area contributed by atoms with Crippen LogP contribution in [0.15, 0.2) is 12.3 Å². The molecule has 3 nitrogen and oxygen atoms in total. The number of hydrogen-bond donors (Lipinski definition) is 2. The highest BCUT2D eigenvalue weighted by molar-refractivity contribution is 5.85. The van der Waals surface area contributed by atoms with Gasteiger partial charge in [0, 0.05) is 25.2 Å². The van der Waals surface area contributed by atoms with E-state index < -0.39 is 0 Å². The molecule has 12 heavy (non-hydrogen) atoms. The number of nitrogens with one attached hydrogen (secondary N) is 1. The third kappa shape index (κ3) is 1.68. The highest BCUT2D eigenvalue weighted by atomic mass is 35.5. The first-order chi connectivity index (χ1) is 5.36. The fourth-order valence-corrected chi connectivity index (χ4v) is 1.37. The summed E-state index contributed by atoms with van der Waals surface area (Å²) in [5, 5.41) is 3.27. The minimum atomic E-state index is 0. The van der Waals surface area contributed by atoms with Crippen LogP contribution in [-0.4, -0.2) is 11.5 Å². The van der Waals surface area contributed by atoms with Crippen LogP contribution in [0.4, 0.5) is 5.69 Å². The van der Waals surface area contributed by atoms with E-state index in [0.29, 0.717) is 0 Å². The number of aromatic nitrogens is 1.